The van der Waals surface area contributed by atoms with Crippen LogP contribution in [0.2, 0.25) is 0 Å². The number of esters is 1. The fraction of sp³-hybridized carbons (Fsp3) is 0.600. The molecule has 0 spiro atoms. The molecule has 0 aromatic rings. The van der Waals surface area contributed by atoms with Crippen molar-refractivity contribution >= 4 is 11.9 Å². The zero-order valence-corrected chi connectivity index (χ0v) is 5.01. The first-order valence-corrected chi connectivity index (χ1v) is 2.65. The summed E-state index contributed by atoms with van der Waals surface area (Å²) in [4.78, 5) is 20.6. The van der Waals surface area contributed by atoms with Crippen LogP contribution in [0.3, 0.4) is 0 Å². The van der Waals surface area contributed by atoms with Crippen LogP contribution in [0.15, 0.2) is 0 Å². The Morgan fingerprint density at radius 3 is 2.67 bits per heavy atom. The van der Waals surface area contributed by atoms with E-state index >= 15 is 0 Å². The van der Waals surface area contributed by atoms with Gasteiger partial charge in [-0.05, 0) is 0 Å². The van der Waals surface area contributed by atoms with Crippen molar-refractivity contribution in [1.82, 2.24) is 5.32 Å². The Hall–Kier alpha value is -1.06. The van der Waals surface area contributed by atoms with E-state index in [1.54, 1.807) is 0 Å². The highest BCUT2D eigenvalue weighted by Gasteiger charge is 2.29. The fourth-order valence-corrected chi connectivity index (χ4v) is 0.564. The molecule has 9 heavy (non-hydrogen) atoms. The summed E-state index contributed by atoms with van der Waals surface area (Å²) in [5, 5.41) is 2.45. The van der Waals surface area contributed by atoms with E-state index in [0.717, 1.165) is 0 Å². The molecule has 1 aliphatic rings. The molecule has 1 saturated heterocycles. The first-order valence-electron chi connectivity index (χ1n) is 2.65. The molecule has 1 heterocycles. The highest BCUT2D eigenvalue weighted by atomic mass is 16.5. The van der Waals surface area contributed by atoms with Gasteiger partial charge in [0.05, 0.1) is 6.54 Å². The van der Waals surface area contributed by atoms with Gasteiger partial charge in [0.2, 0.25) is 0 Å². The number of β-lactam (4-membered cyclic amide) rings is 1. The molecule has 4 nitrogen and oxygen atoms in total. The van der Waals surface area contributed by atoms with Gasteiger partial charge >= 0.3 is 5.97 Å². The number of rotatable bonds is 1. The second-order valence-corrected chi connectivity index (χ2v) is 1.84. The predicted octanol–water partition coefficient (Wildman–Crippen LogP) is -0.952. The summed E-state index contributed by atoms with van der Waals surface area (Å²) in [6.45, 7) is 1.74. The van der Waals surface area contributed by atoms with Crippen molar-refractivity contribution in [2.75, 3.05) is 6.54 Å². The number of hydrogen-bond acceptors (Lipinski definition) is 3. The maximum absolute atomic E-state index is 10.4. The molecule has 1 rings (SSSR count). The standard InChI is InChI=1S/C5H7NO3/c1-3(7)9-4-2-6-5(4)8/h4H,2H2,1H3,(H,6,8)/t4-/m0/s1. The molecule has 4 heteroatoms. The Labute approximate surface area is 52.2 Å². The van der Waals surface area contributed by atoms with Crippen molar-refractivity contribution in [1.29, 1.82) is 0 Å². The fourth-order valence-electron chi connectivity index (χ4n) is 0.564. The van der Waals surface area contributed by atoms with Crippen LogP contribution in [0, 0.1) is 0 Å². The Kier molecular flexibility index (Phi) is 1.38. The minimum absolute atomic E-state index is 0.204. The lowest BCUT2D eigenvalue weighted by atomic mass is 10.2. The summed E-state index contributed by atoms with van der Waals surface area (Å²) in [5.41, 5.74) is 0. The summed E-state index contributed by atoms with van der Waals surface area (Å²) >= 11 is 0. The maximum Gasteiger partial charge on any atom is 0.303 e. The van der Waals surface area contributed by atoms with E-state index in [1.807, 2.05) is 0 Å². The van der Waals surface area contributed by atoms with Gasteiger partial charge in [-0.25, -0.2) is 0 Å². The van der Waals surface area contributed by atoms with Crippen molar-refractivity contribution in [2.45, 2.75) is 13.0 Å². The predicted molar refractivity (Wildman–Crippen MR) is 28.6 cm³/mol. The van der Waals surface area contributed by atoms with Gasteiger partial charge in [0, 0.05) is 6.92 Å². The van der Waals surface area contributed by atoms with E-state index in [2.05, 4.69) is 10.1 Å². The second kappa shape index (κ2) is 2.05. The van der Waals surface area contributed by atoms with Crippen LogP contribution in [0.5, 0.6) is 0 Å². The van der Waals surface area contributed by atoms with Crippen molar-refractivity contribution < 1.29 is 14.3 Å². The van der Waals surface area contributed by atoms with E-state index in [1.165, 1.54) is 6.92 Å². The topological polar surface area (TPSA) is 55.4 Å². The first kappa shape index (κ1) is 6.07. The van der Waals surface area contributed by atoms with Crippen molar-refractivity contribution in [2.24, 2.45) is 0 Å². The van der Waals surface area contributed by atoms with Crippen LogP contribution in [0.1, 0.15) is 6.92 Å². The van der Waals surface area contributed by atoms with E-state index in [0.29, 0.717) is 6.54 Å². The molecule has 0 unspecified atom stereocenters. The highest BCUT2D eigenvalue weighted by Crippen LogP contribution is 1.99. The lowest BCUT2D eigenvalue weighted by Gasteiger charge is -2.24. The molecule has 1 N–H and O–H groups in total. The van der Waals surface area contributed by atoms with E-state index in [-0.39, 0.29) is 5.91 Å². The lowest BCUT2D eigenvalue weighted by molar-refractivity contribution is -0.159. The summed E-state index contributed by atoms with van der Waals surface area (Å²) in [6.07, 6.45) is -0.525. The van der Waals surface area contributed by atoms with E-state index < -0.39 is 12.1 Å². The molecule has 0 saturated carbocycles. The Bertz CT molecular complexity index is 154. The minimum atomic E-state index is -0.525. The quantitative estimate of drug-likeness (QED) is 0.367. The lowest BCUT2D eigenvalue weighted by Crippen LogP contribution is -2.55. The third-order valence-electron chi connectivity index (χ3n) is 1.06. The average Bonchev–Trinajstić information content (AvgIpc) is 1.79. The summed E-state index contributed by atoms with van der Waals surface area (Å²) in [7, 11) is 0. The van der Waals surface area contributed by atoms with Gasteiger partial charge in [-0.3, -0.25) is 9.59 Å². The molecule has 50 valence electrons. The SMILES string of the molecule is CC(=O)O[C@H]1CNC1=O. The van der Waals surface area contributed by atoms with Crippen molar-refractivity contribution in [3.05, 3.63) is 0 Å². The third-order valence-corrected chi connectivity index (χ3v) is 1.06. The zero-order valence-electron chi connectivity index (χ0n) is 5.01. The van der Waals surface area contributed by atoms with Crippen LogP contribution >= 0.6 is 0 Å². The molecule has 0 aromatic heterocycles. The van der Waals surface area contributed by atoms with Crippen LogP contribution in [0.25, 0.3) is 0 Å². The molecule has 1 fully saturated rings. The van der Waals surface area contributed by atoms with Crippen LogP contribution in [-0.2, 0) is 14.3 Å². The average molecular weight is 129 g/mol. The first-order chi connectivity index (χ1) is 4.20. The Balaban J connectivity index is 2.29. The normalized spacial score (nSPS) is 24.1. The minimum Gasteiger partial charge on any atom is -0.451 e. The van der Waals surface area contributed by atoms with E-state index in [9.17, 15) is 9.59 Å². The number of carbonyl (C=O) groups is 2. The molecule has 0 aliphatic carbocycles. The monoisotopic (exact) mass is 129 g/mol. The van der Waals surface area contributed by atoms with E-state index in [4.69, 9.17) is 0 Å². The molecule has 1 aliphatic heterocycles. The molecule has 1 amide bonds. The summed E-state index contributed by atoms with van der Waals surface area (Å²) in [5.74, 6) is -0.611. The Morgan fingerprint density at radius 2 is 2.56 bits per heavy atom. The number of ether oxygens (including phenoxy) is 1. The smallest absolute Gasteiger partial charge is 0.303 e. The van der Waals surface area contributed by atoms with Crippen LogP contribution in [0.4, 0.5) is 0 Å². The van der Waals surface area contributed by atoms with Gasteiger partial charge in [-0.1, -0.05) is 0 Å². The molecular weight excluding hydrogens is 122 g/mol. The summed E-state index contributed by atoms with van der Waals surface area (Å²) in [6, 6.07) is 0. The zero-order chi connectivity index (χ0) is 6.85. The van der Waals surface area contributed by atoms with Gasteiger partial charge in [0.1, 0.15) is 0 Å². The van der Waals surface area contributed by atoms with Crippen LogP contribution < -0.4 is 5.32 Å². The maximum atomic E-state index is 10.4. The largest absolute Gasteiger partial charge is 0.451 e. The molecule has 0 bridgehead atoms. The van der Waals surface area contributed by atoms with Gasteiger partial charge in [0.15, 0.2) is 6.10 Å². The highest BCUT2D eigenvalue weighted by molar-refractivity contribution is 5.88. The Morgan fingerprint density at radius 1 is 1.89 bits per heavy atom. The second-order valence-electron chi connectivity index (χ2n) is 1.84. The molecule has 0 radical (unpaired) electrons. The van der Waals surface area contributed by atoms with Crippen molar-refractivity contribution in [3.8, 4) is 0 Å². The van der Waals surface area contributed by atoms with Gasteiger partial charge in [-0.15, -0.1) is 0 Å². The van der Waals surface area contributed by atoms with Crippen molar-refractivity contribution in [3.63, 3.8) is 0 Å². The number of hydrogen-bond donors (Lipinski definition) is 1. The number of nitrogens with one attached hydrogen (secondary N) is 1. The number of amides is 1. The van der Waals surface area contributed by atoms with Crippen LogP contribution in [-0.4, -0.2) is 24.5 Å². The third kappa shape index (κ3) is 1.19. The molecule has 1 atom stereocenters. The number of carbonyl (C=O) groups excluding carboxylic acids is 2. The van der Waals surface area contributed by atoms with Gasteiger partial charge in [-0.2, -0.15) is 0 Å². The molecule has 0 aromatic carbocycles. The van der Waals surface area contributed by atoms with Gasteiger partial charge < -0.3 is 10.1 Å². The summed E-state index contributed by atoms with van der Waals surface area (Å²) < 4.78 is 4.55. The van der Waals surface area contributed by atoms with Gasteiger partial charge in [0.25, 0.3) is 5.91 Å². The molecular formula is C5H7NO3.